The smallest absolute Gasteiger partial charge is 0.332 e. The molecule has 0 N–H and O–H groups in total. The molecule has 0 bridgehead atoms. The van der Waals surface area contributed by atoms with Crippen LogP contribution in [0.15, 0.2) is 58.4 Å². The van der Waals surface area contributed by atoms with E-state index in [9.17, 15) is 27.6 Å². The molecule has 2 heterocycles. The van der Waals surface area contributed by atoms with E-state index in [2.05, 4.69) is 10.1 Å². The van der Waals surface area contributed by atoms with Gasteiger partial charge in [-0.2, -0.15) is 5.10 Å². The lowest BCUT2D eigenvalue weighted by Gasteiger charge is -2.17. The molecule has 0 saturated carbocycles. The Balaban J connectivity index is 1.83. The van der Waals surface area contributed by atoms with Crippen molar-refractivity contribution in [3.8, 4) is 16.9 Å². The number of ether oxygens (including phenoxy) is 1. The zero-order chi connectivity index (χ0) is 29.6. The molecule has 2 aromatic heterocycles. The van der Waals surface area contributed by atoms with Crippen molar-refractivity contribution in [2.45, 2.75) is 20.0 Å². The minimum Gasteiger partial charge on any atom is -0.496 e. The molecule has 9 nitrogen and oxygen atoms in total. The van der Waals surface area contributed by atoms with Gasteiger partial charge in [0.25, 0.3) is 5.56 Å². The predicted octanol–water partition coefficient (Wildman–Crippen LogP) is 4.34. The van der Waals surface area contributed by atoms with Gasteiger partial charge in [0.15, 0.2) is 29.1 Å². The van der Waals surface area contributed by atoms with Crippen LogP contribution in [-0.2, 0) is 20.1 Å². The van der Waals surface area contributed by atoms with E-state index >= 15 is 0 Å². The molecule has 0 radical (unpaired) electrons. The number of hydrogen-bond donors (Lipinski definition) is 0. The van der Waals surface area contributed by atoms with E-state index in [1.807, 2.05) is 0 Å². The normalized spacial score (nSPS) is 11.3. The van der Waals surface area contributed by atoms with Gasteiger partial charge >= 0.3 is 5.69 Å². The average molecular weight is 584 g/mol. The van der Waals surface area contributed by atoms with Gasteiger partial charge in [-0.25, -0.2) is 22.9 Å². The highest BCUT2D eigenvalue weighted by atomic mass is 35.5. The van der Waals surface area contributed by atoms with Crippen LogP contribution in [0, 0.1) is 17.5 Å². The fourth-order valence-corrected chi connectivity index (χ4v) is 4.78. The number of methoxy groups -OCH3 is 1. The van der Waals surface area contributed by atoms with E-state index in [-0.39, 0.29) is 45.4 Å². The summed E-state index contributed by atoms with van der Waals surface area (Å²) in [7, 11) is 2.95. The summed E-state index contributed by atoms with van der Waals surface area (Å²) in [4.78, 5) is 43.6. The highest BCUT2D eigenvalue weighted by Gasteiger charge is 2.22. The summed E-state index contributed by atoms with van der Waals surface area (Å²) < 4.78 is 50.8. The largest absolute Gasteiger partial charge is 0.496 e. The number of carbonyl (C=O) groups excluding carboxylic acids is 1. The van der Waals surface area contributed by atoms with Crippen LogP contribution in [-0.4, -0.2) is 36.8 Å². The predicted molar refractivity (Wildman–Crippen MR) is 145 cm³/mol. The van der Waals surface area contributed by atoms with Crippen LogP contribution < -0.4 is 16.0 Å². The molecular formula is C28H21ClF3N5O4. The first-order valence-electron chi connectivity index (χ1n) is 12.1. The van der Waals surface area contributed by atoms with Crippen molar-refractivity contribution in [1.29, 1.82) is 0 Å². The number of aryl methyl sites for hydroxylation is 1. The first kappa shape index (κ1) is 27.8. The standard InChI is InChI=1S/C28H21ClF3N5O4/c1-14(38)16-4-5-19(29)18(8-16)17-9-22-25(23(10-17)41-3)27(39)37(12-24-33-13-35(2)34-24)28(40)36(22)11-15-6-20(30)26(32)21(31)7-15/h4-10,13H,11-12H2,1-3H3. The summed E-state index contributed by atoms with van der Waals surface area (Å²) in [5.41, 5.74) is -0.410. The molecule has 0 aliphatic rings. The minimum absolute atomic E-state index is 0.0197. The molecule has 0 aliphatic carbocycles. The van der Waals surface area contributed by atoms with Gasteiger partial charge in [0.2, 0.25) is 0 Å². The number of carbonyl (C=O) groups is 1. The van der Waals surface area contributed by atoms with E-state index in [0.29, 0.717) is 16.7 Å². The van der Waals surface area contributed by atoms with Crippen LogP contribution in [0.5, 0.6) is 5.75 Å². The van der Waals surface area contributed by atoms with Crippen molar-refractivity contribution in [2.75, 3.05) is 7.11 Å². The third kappa shape index (κ3) is 5.13. The summed E-state index contributed by atoms with van der Waals surface area (Å²) in [5, 5.41) is 4.39. The van der Waals surface area contributed by atoms with Crippen LogP contribution in [0.2, 0.25) is 5.02 Å². The lowest BCUT2D eigenvalue weighted by Crippen LogP contribution is -2.41. The second kappa shape index (κ2) is 10.7. The van der Waals surface area contributed by atoms with E-state index < -0.39 is 35.2 Å². The van der Waals surface area contributed by atoms with Gasteiger partial charge in [-0.15, -0.1) is 0 Å². The number of hydrogen-bond acceptors (Lipinski definition) is 6. The first-order chi connectivity index (χ1) is 19.5. The number of rotatable bonds is 7. The number of halogens is 4. The van der Waals surface area contributed by atoms with Gasteiger partial charge < -0.3 is 4.74 Å². The van der Waals surface area contributed by atoms with Crippen molar-refractivity contribution in [3.05, 3.63) is 109 Å². The lowest BCUT2D eigenvalue weighted by molar-refractivity contribution is 0.101. The average Bonchev–Trinajstić information content (AvgIpc) is 3.35. The summed E-state index contributed by atoms with van der Waals surface area (Å²) in [6.07, 6.45) is 1.40. The molecule has 3 aromatic carbocycles. The van der Waals surface area contributed by atoms with E-state index in [1.54, 1.807) is 25.2 Å². The molecule has 5 rings (SSSR count). The number of ketones is 1. The maximum Gasteiger partial charge on any atom is 0.332 e. The molecule has 0 fully saturated rings. The molecule has 0 saturated heterocycles. The maximum absolute atomic E-state index is 14.1. The van der Waals surface area contributed by atoms with Crippen molar-refractivity contribution in [2.24, 2.45) is 7.05 Å². The van der Waals surface area contributed by atoms with E-state index in [1.165, 1.54) is 37.2 Å². The molecular weight excluding hydrogens is 563 g/mol. The highest BCUT2D eigenvalue weighted by molar-refractivity contribution is 6.33. The Labute approximate surface area is 235 Å². The Morgan fingerprint density at radius 2 is 1.71 bits per heavy atom. The maximum atomic E-state index is 14.1. The van der Waals surface area contributed by atoms with Crippen LogP contribution in [0.4, 0.5) is 13.2 Å². The summed E-state index contributed by atoms with van der Waals surface area (Å²) >= 11 is 6.46. The third-order valence-corrected chi connectivity index (χ3v) is 6.86. The molecule has 0 amide bonds. The van der Waals surface area contributed by atoms with Gasteiger partial charge in [0.05, 0.1) is 25.7 Å². The Morgan fingerprint density at radius 1 is 1.00 bits per heavy atom. The summed E-state index contributed by atoms with van der Waals surface area (Å²) in [5.74, 6) is -4.50. The zero-order valence-electron chi connectivity index (χ0n) is 21.9. The Hall–Kier alpha value is -4.71. The topological polar surface area (TPSA) is 101 Å². The van der Waals surface area contributed by atoms with Gasteiger partial charge in [-0.3, -0.25) is 23.4 Å². The van der Waals surface area contributed by atoms with Gasteiger partial charge in [-0.1, -0.05) is 11.6 Å². The highest BCUT2D eigenvalue weighted by Crippen LogP contribution is 2.35. The first-order valence-corrected chi connectivity index (χ1v) is 12.5. The molecule has 210 valence electrons. The SMILES string of the molecule is COc1cc(-c2cc(C(C)=O)ccc2Cl)cc2c1c(=O)n(Cc1ncn(C)n1)c(=O)n2Cc1cc(F)c(F)c(F)c1. The lowest BCUT2D eigenvalue weighted by atomic mass is 9.99. The Bertz CT molecular complexity index is 1960. The summed E-state index contributed by atoms with van der Waals surface area (Å²) in [6, 6.07) is 9.22. The van der Waals surface area contributed by atoms with Crippen LogP contribution in [0.1, 0.15) is 28.7 Å². The molecule has 41 heavy (non-hydrogen) atoms. The van der Waals surface area contributed by atoms with Crippen LogP contribution >= 0.6 is 11.6 Å². The van der Waals surface area contributed by atoms with Crippen LogP contribution in [0.3, 0.4) is 0 Å². The Morgan fingerprint density at radius 3 is 2.32 bits per heavy atom. The molecule has 0 unspecified atom stereocenters. The number of nitrogens with zero attached hydrogens (tertiary/aromatic N) is 5. The fourth-order valence-electron chi connectivity index (χ4n) is 4.55. The van der Waals surface area contributed by atoms with Gasteiger partial charge in [-0.05, 0) is 60.5 Å². The second-order valence-electron chi connectivity index (χ2n) is 9.29. The minimum atomic E-state index is -1.65. The zero-order valence-corrected chi connectivity index (χ0v) is 22.7. The van der Waals surface area contributed by atoms with Crippen molar-refractivity contribution < 1.29 is 22.7 Å². The van der Waals surface area contributed by atoms with E-state index in [4.69, 9.17) is 16.3 Å². The number of aromatic nitrogens is 5. The molecule has 0 spiro atoms. The third-order valence-electron chi connectivity index (χ3n) is 6.53. The van der Waals surface area contributed by atoms with Crippen LogP contribution in [0.25, 0.3) is 22.0 Å². The van der Waals surface area contributed by atoms with Crippen molar-refractivity contribution in [1.82, 2.24) is 23.9 Å². The second-order valence-corrected chi connectivity index (χ2v) is 9.70. The van der Waals surface area contributed by atoms with Gasteiger partial charge in [0, 0.05) is 23.2 Å². The summed E-state index contributed by atoms with van der Waals surface area (Å²) in [6.45, 7) is 0.650. The number of fused-ring (bicyclic) bond motifs is 1. The van der Waals surface area contributed by atoms with E-state index in [0.717, 1.165) is 21.3 Å². The monoisotopic (exact) mass is 583 g/mol. The van der Waals surface area contributed by atoms with Crippen molar-refractivity contribution in [3.63, 3.8) is 0 Å². The number of Topliss-reactive ketones (excluding diaryl/α,β-unsaturated/α-hetero) is 1. The van der Waals surface area contributed by atoms with Crippen molar-refractivity contribution >= 4 is 28.3 Å². The quantitative estimate of drug-likeness (QED) is 0.209. The fraction of sp³-hybridized carbons (Fsp3) is 0.179. The molecule has 0 aliphatic heterocycles. The molecule has 5 aromatic rings. The van der Waals surface area contributed by atoms with Gasteiger partial charge in [0.1, 0.15) is 17.5 Å². The molecule has 13 heteroatoms. The Kier molecular flexibility index (Phi) is 7.26. The molecule has 0 atom stereocenters. The number of benzene rings is 3.